The second-order valence-corrected chi connectivity index (χ2v) is 6.52. The third-order valence-corrected chi connectivity index (χ3v) is 4.89. The molecule has 0 amide bonds. The molecule has 0 aliphatic carbocycles. The Bertz CT molecular complexity index is 465. The normalized spacial score (nSPS) is 22.9. The minimum Gasteiger partial charge on any atom is -0.392 e. The standard InChI is InChI=1S/C18H29NO4/c1-13(18(22)15-7-5-14(11-20)6-8-15)17(21)10-19-9-3-4-16(19)12-23-2/h5-8,13,16-18,20-22H,3-4,9-12H2,1-2H3/t13-,16+,17+,18+/m1/s1. The van der Waals surface area contributed by atoms with E-state index >= 15 is 0 Å². The molecule has 1 aliphatic heterocycles. The molecule has 1 heterocycles. The summed E-state index contributed by atoms with van der Waals surface area (Å²) in [4.78, 5) is 2.26. The lowest BCUT2D eigenvalue weighted by atomic mass is 9.91. The maximum Gasteiger partial charge on any atom is 0.0840 e. The lowest BCUT2D eigenvalue weighted by molar-refractivity contribution is -0.00612. The first-order valence-electron chi connectivity index (χ1n) is 8.35. The van der Waals surface area contributed by atoms with Crippen LogP contribution in [0, 0.1) is 5.92 Å². The summed E-state index contributed by atoms with van der Waals surface area (Å²) in [6.45, 7) is 4.08. The molecule has 23 heavy (non-hydrogen) atoms. The molecule has 0 spiro atoms. The van der Waals surface area contributed by atoms with Crippen molar-refractivity contribution < 1.29 is 20.1 Å². The van der Waals surface area contributed by atoms with Crippen LogP contribution < -0.4 is 0 Å². The highest BCUT2D eigenvalue weighted by Crippen LogP contribution is 2.27. The first-order valence-corrected chi connectivity index (χ1v) is 8.35. The highest BCUT2D eigenvalue weighted by molar-refractivity contribution is 5.24. The molecule has 1 aliphatic rings. The van der Waals surface area contributed by atoms with Gasteiger partial charge in [-0.05, 0) is 30.5 Å². The van der Waals surface area contributed by atoms with Crippen molar-refractivity contribution >= 4 is 0 Å². The van der Waals surface area contributed by atoms with Crippen LogP contribution in [0.5, 0.6) is 0 Å². The molecule has 130 valence electrons. The number of likely N-dealkylation sites (tertiary alicyclic amines) is 1. The Morgan fingerprint density at radius 1 is 1.26 bits per heavy atom. The van der Waals surface area contributed by atoms with Crippen LogP contribution in [-0.4, -0.2) is 59.2 Å². The zero-order valence-corrected chi connectivity index (χ0v) is 14.1. The number of hydrogen-bond donors (Lipinski definition) is 3. The quantitative estimate of drug-likeness (QED) is 0.673. The maximum absolute atomic E-state index is 10.5. The molecule has 0 saturated carbocycles. The van der Waals surface area contributed by atoms with Crippen LogP contribution >= 0.6 is 0 Å². The fourth-order valence-electron chi connectivity index (χ4n) is 3.26. The zero-order chi connectivity index (χ0) is 16.8. The molecule has 5 nitrogen and oxygen atoms in total. The zero-order valence-electron chi connectivity index (χ0n) is 14.1. The van der Waals surface area contributed by atoms with Gasteiger partial charge in [-0.15, -0.1) is 0 Å². The van der Waals surface area contributed by atoms with Gasteiger partial charge in [-0.1, -0.05) is 31.2 Å². The third kappa shape index (κ3) is 4.75. The monoisotopic (exact) mass is 323 g/mol. The van der Waals surface area contributed by atoms with Crippen molar-refractivity contribution in [1.82, 2.24) is 4.90 Å². The summed E-state index contributed by atoms with van der Waals surface area (Å²) in [5.41, 5.74) is 1.58. The molecule has 1 aromatic carbocycles. The molecule has 1 aromatic rings. The molecule has 5 heteroatoms. The number of rotatable bonds is 8. The maximum atomic E-state index is 10.5. The minimum absolute atomic E-state index is 0.00952. The Kier molecular flexibility index (Phi) is 6.99. The molecular formula is C18H29NO4. The molecule has 0 radical (unpaired) electrons. The van der Waals surface area contributed by atoms with Crippen LogP contribution in [0.2, 0.25) is 0 Å². The topological polar surface area (TPSA) is 73.2 Å². The minimum atomic E-state index is -0.721. The Morgan fingerprint density at radius 3 is 2.57 bits per heavy atom. The predicted octanol–water partition coefficient (Wildman–Crippen LogP) is 1.32. The van der Waals surface area contributed by atoms with Crippen LogP contribution in [0.15, 0.2) is 24.3 Å². The van der Waals surface area contributed by atoms with E-state index in [2.05, 4.69) is 4.90 Å². The van der Waals surface area contributed by atoms with E-state index in [4.69, 9.17) is 9.84 Å². The highest BCUT2D eigenvalue weighted by atomic mass is 16.5. The molecule has 4 atom stereocenters. The van der Waals surface area contributed by atoms with Gasteiger partial charge in [-0.2, -0.15) is 0 Å². The van der Waals surface area contributed by atoms with Gasteiger partial charge in [0.05, 0.1) is 25.4 Å². The second-order valence-electron chi connectivity index (χ2n) is 6.52. The smallest absolute Gasteiger partial charge is 0.0840 e. The van der Waals surface area contributed by atoms with Gasteiger partial charge in [0.15, 0.2) is 0 Å². The van der Waals surface area contributed by atoms with E-state index < -0.39 is 12.2 Å². The Balaban J connectivity index is 1.93. The molecule has 0 aromatic heterocycles. The van der Waals surface area contributed by atoms with Crippen LogP contribution in [0.4, 0.5) is 0 Å². The van der Waals surface area contributed by atoms with E-state index in [1.54, 1.807) is 19.2 Å². The average Bonchev–Trinajstić information content (AvgIpc) is 3.01. The van der Waals surface area contributed by atoms with Crippen molar-refractivity contribution in [2.24, 2.45) is 5.92 Å². The van der Waals surface area contributed by atoms with Crippen molar-refractivity contribution in [3.05, 3.63) is 35.4 Å². The van der Waals surface area contributed by atoms with Crippen molar-refractivity contribution in [2.75, 3.05) is 26.8 Å². The first kappa shape index (κ1) is 18.4. The van der Waals surface area contributed by atoms with Gasteiger partial charge >= 0.3 is 0 Å². The summed E-state index contributed by atoms with van der Waals surface area (Å²) in [6.07, 6.45) is 0.904. The fraction of sp³-hybridized carbons (Fsp3) is 0.667. The Hall–Kier alpha value is -0.980. The first-order chi connectivity index (χ1) is 11.1. The lowest BCUT2D eigenvalue weighted by Crippen LogP contribution is -2.41. The molecule has 3 N–H and O–H groups in total. The summed E-state index contributed by atoms with van der Waals surface area (Å²) in [6, 6.07) is 7.58. The molecule has 2 rings (SSSR count). The number of methoxy groups -OCH3 is 1. The lowest BCUT2D eigenvalue weighted by Gasteiger charge is -2.31. The molecular weight excluding hydrogens is 294 g/mol. The van der Waals surface area contributed by atoms with E-state index in [1.165, 1.54) is 0 Å². The van der Waals surface area contributed by atoms with Crippen LogP contribution in [0.25, 0.3) is 0 Å². The van der Waals surface area contributed by atoms with Crippen molar-refractivity contribution in [1.29, 1.82) is 0 Å². The summed E-state index contributed by atoms with van der Waals surface area (Å²) < 4.78 is 5.24. The number of benzene rings is 1. The van der Waals surface area contributed by atoms with Crippen molar-refractivity contribution in [3.63, 3.8) is 0 Å². The number of aliphatic hydroxyl groups is 3. The second kappa shape index (κ2) is 8.76. The van der Waals surface area contributed by atoms with E-state index in [1.807, 2.05) is 19.1 Å². The number of aliphatic hydroxyl groups excluding tert-OH is 3. The largest absolute Gasteiger partial charge is 0.392 e. The van der Waals surface area contributed by atoms with Gasteiger partial charge in [0.25, 0.3) is 0 Å². The van der Waals surface area contributed by atoms with Crippen LogP contribution in [0.1, 0.15) is 37.0 Å². The number of hydrogen-bond acceptors (Lipinski definition) is 5. The van der Waals surface area contributed by atoms with Gasteiger partial charge < -0.3 is 20.1 Å². The number of ether oxygens (including phenoxy) is 1. The molecule has 1 fully saturated rings. The van der Waals surface area contributed by atoms with Crippen molar-refractivity contribution in [2.45, 2.75) is 44.6 Å². The van der Waals surface area contributed by atoms with E-state index in [0.717, 1.165) is 30.5 Å². The average molecular weight is 323 g/mol. The van der Waals surface area contributed by atoms with Gasteiger partial charge in [0, 0.05) is 25.6 Å². The van der Waals surface area contributed by atoms with E-state index in [-0.39, 0.29) is 12.5 Å². The number of nitrogens with zero attached hydrogens (tertiary/aromatic N) is 1. The number of β-amino-alcohol motifs (C(OH)–C–C–N with tert-alkyl or cyclic N) is 1. The predicted molar refractivity (Wildman–Crippen MR) is 89.0 cm³/mol. The summed E-state index contributed by atoms with van der Waals surface area (Å²) in [7, 11) is 1.70. The van der Waals surface area contributed by atoms with E-state index in [9.17, 15) is 10.2 Å². The fourth-order valence-corrected chi connectivity index (χ4v) is 3.26. The highest BCUT2D eigenvalue weighted by Gasteiger charge is 2.30. The van der Waals surface area contributed by atoms with Gasteiger partial charge in [0.2, 0.25) is 0 Å². The molecule has 1 saturated heterocycles. The van der Waals surface area contributed by atoms with Gasteiger partial charge in [0.1, 0.15) is 0 Å². The third-order valence-electron chi connectivity index (χ3n) is 4.89. The molecule has 0 bridgehead atoms. The molecule has 0 unspecified atom stereocenters. The Morgan fingerprint density at radius 2 is 1.96 bits per heavy atom. The van der Waals surface area contributed by atoms with Crippen LogP contribution in [-0.2, 0) is 11.3 Å². The Labute approximate surface area is 138 Å². The van der Waals surface area contributed by atoms with Crippen molar-refractivity contribution in [3.8, 4) is 0 Å². The van der Waals surface area contributed by atoms with E-state index in [0.29, 0.717) is 19.2 Å². The van der Waals surface area contributed by atoms with Crippen LogP contribution in [0.3, 0.4) is 0 Å². The van der Waals surface area contributed by atoms with Gasteiger partial charge in [-0.3, -0.25) is 4.90 Å². The summed E-state index contributed by atoms with van der Waals surface area (Å²) in [5, 5.41) is 30.1. The SMILES string of the molecule is COC[C@@H]1CCCN1C[C@H](O)[C@@H](C)[C@H](O)c1ccc(CO)cc1. The summed E-state index contributed by atoms with van der Waals surface area (Å²) in [5.74, 6) is -0.265. The summed E-state index contributed by atoms with van der Waals surface area (Å²) >= 11 is 0. The van der Waals surface area contributed by atoms with Gasteiger partial charge in [-0.25, -0.2) is 0 Å².